The molecule has 2 N–H and O–H groups in total. The molecule has 0 radical (unpaired) electrons. The number of ether oxygens (including phenoxy) is 1. The summed E-state index contributed by atoms with van der Waals surface area (Å²) in [5.41, 5.74) is 4.32. The zero-order valence-electron chi connectivity index (χ0n) is 21.3. The van der Waals surface area contributed by atoms with Gasteiger partial charge in [0.25, 0.3) is 5.91 Å². The standard InChI is InChI=1S/C28H37NO4S.Li/c1-20-8-6-7-11-23(20)25-18-22(19-33-16-14-21-9-4-3-5-10-21)12-13-24(25)27(30)29-26(28(31)32)15-17-34-2;/h6-8,11-13,18,21,26H,3-5,9-10,14-17,19H2,1-2H3,(H,29,30)(H,31,32);/q;+1. The molecule has 2 aromatic carbocycles. The maximum absolute atomic E-state index is 13.2. The number of hydrogen-bond acceptors (Lipinski definition) is 4. The molecule has 3 rings (SSSR count). The number of aryl methyl sites for hydroxylation is 1. The fraction of sp³-hybridized carbons (Fsp3) is 0.500. The van der Waals surface area contributed by atoms with Gasteiger partial charge in [-0.1, -0.05) is 62.4 Å². The van der Waals surface area contributed by atoms with Crippen LogP contribution in [0.15, 0.2) is 42.5 Å². The summed E-state index contributed by atoms with van der Waals surface area (Å²) in [5, 5.41) is 12.3. The summed E-state index contributed by atoms with van der Waals surface area (Å²) < 4.78 is 6.00. The van der Waals surface area contributed by atoms with Crippen molar-refractivity contribution >= 4 is 23.6 Å². The van der Waals surface area contributed by atoms with E-state index >= 15 is 0 Å². The molecule has 35 heavy (non-hydrogen) atoms. The van der Waals surface area contributed by atoms with Crippen molar-refractivity contribution in [2.24, 2.45) is 5.92 Å². The minimum absolute atomic E-state index is 0. The normalized spacial score (nSPS) is 14.7. The molecule has 2 aromatic rings. The summed E-state index contributed by atoms with van der Waals surface area (Å²) in [6.07, 6.45) is 10.1. The van der Waals surface area contributed by atoms with Crippen LogP contribution in [-0.4, -0.2) is 41.6 Å². The van der Waals surface area contributed by atoms with Gasteiger partial charge in [-0.05, 0) is 72.1 Å². The van der Waals surface area contributed by atoms with Crippen LogP contribution >= 0.6 is 11.8 Å². The fourth-order valence-corrected chi connectivity index (χ4v) is 5.09. The van der Waals surface area contributed by atoms with E-state index in [1.165, 1.54) is 32.1 Å². The van der Waals surface area contributed by atoms with Gasteiger partial charge in [-0.3, -0.25) is 4.79 Å². The molecule has 1 aliphatic carbocycles. The monoisotopic (exact) mass is 490 g/mol. The van der Waals surface area contributed by atoms with Crippen molar-refractivity contribution in [1.29, 1.82) is 0 Å². The zero-order valence-corrected chi connectivity index (χ0v) is 22.2. The predicted octanol–water partition coefficient (Wildman–Crippen LogP) is 3.09. The number of thioether (sulfide) groups is 1. The van der Waals surface area contributed by atoms with Crippen LogP contribution in [0.2, 0.25) is 0 Å². The average Bonchev–Trinajstić information content (AvgIpc) is 2.85. The van der Waals surface area contributed by atoms with E-state index in [0.29, 0.717) is 24.3 Å². The number of benzene rings is 2. The van der Waals surface area contributed by atoms with Crippen molar-refractivity contribution in [3.8, 4) is 11.1 Å². The Morgan fingerprint density at radius 1 is 1.11 bits per heavy atom. The van der Waals surface area contributed by atoms with Crippen LogP contribution in [0.25, 0.3) is 11.1 Å². The number of carboxylic acids is 1. The van der Waals surface area contributed by atoms with Crippen LogP contribution in [0.5, 0.6) is 0 Å². The van der Waals surface area contributed by atoms with Gasteiger partial charge in [0.2, 0.25) is 0 Å². The first-order chi connectivity index (χ1) is 16.5. The van der Waals surface area contributed by atoms with Crippen molar-refractivity contribution in [3.63, 3.8) is 0 Å². The maximum Gasteiger partial charge on any atom is 1.00 e. The van der Waals surface area contributed by atoms with Crippen LogP contribution in [0.3, 0.4) is 0 Å². The van der Waals surface area contributed by atoms with Crippen LogP contribution in [0, 0.1) is 12.8 Å². The van der Waals surface area contributed by atoms with Crippen LogP contribution < -0.4 is 24.2 Å². The number of amides is 1. The average molecular weight is 491 g/mol. The van der Waals surface area contributed by atoms with Crippen molar-refractivity contribution in [2.45, 2.75) is 64.5 Å². The van der Waals surface area contributed by atoms with Crippen molar-refractivity contribution in [2.75, 3.05) is 18.6 Å². The van der Waals surface area contributed by atoms with Gasteiger partial charge < -0.3 is 15.2 Å². The maximum atomic E-state index is 13.2. The van der Waals surface area contributed by atoms with E-state index in [9.17, 15) is 14.7 Å². The molecule has 1 amide bonds. The Balaban J connectivity index is 0.00000432. The van der Waals surface area contributed by atoms with Gasteiger partial charge in [-0.15, -0.1) is 0 Å². The smallest absolute Gasteiger partial charge is 0.480 e. The fourth-order valence-electron chi connectivity index (χ4n) is 4.62. The molecule has 0 spiro atoms. The number of carboxylic acid groups (broad SMARTS) is 1. The minimum Gasteiger partial charge on any atom is -0.480 e. The van der Waals surface area contributed by atoms with E-state index in [1.807, 2.05) is 49.6 Å². The topological polar surface area (TPSA) is 75.6 Å². The molecule has 5 nitrogen and oxygen atoms in total. The van der Waals surface area contributed by atoms with E-state index in [4.69, 9.17) is 4.74 Å². The van der Waals surface area contributed by atoms with Gasteiger partial charge in [0.15, 0.2) is 0 Å². The van der Waals surface area contributed by atoms with E-state index in [-0.39, 0.29) is 24.8 Å². The Kier molecular flexibility index (Phi) is 13.0. The van der Waals surface area contributed by atoms with Gasteiger partial charge in [-0.25, -0.2) is 4.79 Å². The van der Waals surface area contributed by atoms with Crippen molar-refractivity contribution in [3.05, 3.63) is 59.2 Å². The number of nitrogens with one attached hydrogen (secondary N) is 1. The Morgan fingerprint density at radius 3 is 2.54 bits per heavy atom. The Bertz CT molecular complexity index is 962. The Hall–Kier alpha value is -1.71. The summed E-state index contributed by atoms with van der Waals surface area (Å²) >= 11 is 1.56. The third-order valence-electron chi connectivity index (χ3n) is 6.64. The summed E-state index contributed by atoms with van der Waals surface area (Å²) in [6.45, 7) is 3.27. The molecule has 0 heterocycles. The first-order valence-corrected chi connectivity index (χ1v) is 13.7. The van der Waals surface area contributed by atoms with Gasteiger partial charge in [0.05, 0.1) is 6.61 Å². The molecule has 7 heteroatoms. The summed E-state index contributed by atoms with van der Waals surface area (Å²) in [6, 6.07) is 12.7. The molecule has 0 saturated heterocycles. The first-order valence-electron chi connectivity index (χ1n) is 12.3. The molecule has 0 aromatic heterocycles. The van der Waals surface area contributed by atoms with Gasteiger partial charge in [-0.2, -0.15) is 11.8 Å². The molecule has 0 aliphatic heterocycles. The number of carbonyl (C=O) groups excluding carboxylic acids is 1. The third-order valence-corrected chi connectivity index (χ3v) is 7.29. The second kappa shape index (κ2) is 15.4. The second-order valence-electron chi connectivity index (χ2n) is 9.19. The number of rotatable bonds is 12. The molecule has 1 aliphatic rings. The predicted molar refractivity (Wildman–Crippen MR) is 139 cm³/mol. The summed E-state index contributed by atoms with van der Waals surface area (Å²) in [7, 11) is 0. The van der Waals surface area contributed by atoms with Gasteiger partial charge in [0, 0.05) is 12.2 Å². The molecule has 184 valence electrons. The SMILES string of the molecule is CSCCC(NC(=O)c1ccc(COCCC2CCCCC2)cc1-c1ccccc1C)C(=O)O.[Li+]. The van der Waals surface area contributed by atoms with Crippen LogP contribution in [0.4, 0.5) is 0 Å². The number of aliphatic carboxylic acids is 1. The molecular weight excluding hydrogens is 453 g/mol. The van der Waals surface area contributed by atoms with Crippen molar-refractivity contribution < 1.29 is 38.3 Å². The largest absolute Gasteiger partial charge is 1.00 e. The minimum atomic E-state index is -1.01. The van der Waals surface area contributed by atoms with E-state index < -0.39 is 12.0 Å². The number of carbonyl (C=O) groups is 2. The van der Waals surface area contributed by atoms with Gasteiger partial charge in [0.1, 0.15) is 6.04 Å². The summed E-state index contributed by atoms with van der Waals surface area (Å²) in [4.78, 5) is 24.8. The van der Waals surface area contributed by atoms with Crippen LogP contribution in [0.1, 0.15) is 66.4 Å². The van der Waals surface area contributed by atoms with Crippen molar-refractivity contribution in [1.82, 2.24) is 5.32 Å². The molecule has 1 atom stereocenters. The molecule has 1 fully saturated rings. The van der Waals surface area contributed by atoms with E-state index in [1.54, 1.807) is 17.8 Å². The zero-order chi connectivity index (χ0) is 24.3. The molecular formula is C28H37LiNO4S+. The van der Waals surface area contributed by atoms with E-state index in [0.717, 1.165) is 41.2 Å². The molecule has 1 saturated carbocycles. The van der Waals surface area contributed by atoms with E-state index in [2.05, 4.69) is 5.32 Å². The third kappa shape index (κ3) is 9.02. The second-order valence-corrected chi connectivity index (χ2v) is 10.2. The molecule has 1 unspecified atom stereocenters. The summed E-state index contributed by atoms with van der Waals surface area (Å²) in [5.74, 6) is 0.0777. The Morgan fingerprint density at radius 2 is 1.86 bits per heavy atom. The molecule has 0 bridgehead atoms. The quantitative estimate of drug-likeness (QED) is 0.353. The first kappa shape index (κ1) is 29.5. The van der Waals surface area contributed by atoms with Crippen LogP contribution in [-0.2, 0) is 16.1 Å². The number of hydrogen-bond donors (Lipinski definition) is 2. The Labute approximate surface area is 226 Å². The van der Waals surface area contributed by atoms with Gasteiger partial charge >= 0.3 is 24.8 Å².